The second kappa shape index (κ2) is 39.2. The number of nitrogens with one attached hydrogen (secondary N) is 2. The number of carbonyl (C=O) groups excluding carboxylic acids is 2. The van der Waals surface area contributed by atoms with Crippen LogP contribution < -0.4 is 10.6 Å². The van der Waals surface area contributed by atoms with Crippen LogP contribution in [-0.2, 0) is 22.4 Å². The summed E-state index contributed by atoms with van der Waals surface area (Å²) in [6.45, 7) is 5.62. The number of aromatic hydroxyl groups is 4. The summed E-state index contributed by atoms with van der Waals surface area (Å²) in [4.78, 5) is 23.8. The molecule has 0 aliphatic heterocycles. The minimum Gasteiger partial charge on any atom is -0.504 e. The molecule has 0 atom stereocenters. The molecule has 2 aromatic carbocycles. The van der Waals surface area contributed by atoms with Gasteiger partial charge in [-0.1, -0.05) is 153 Å². The topological polar surface area (TPSA) is 139 Å². The molecule has 0 saturated carbocycles. The molecule has 0 fully saturated rings. The third-order valence-electron chi connectivity index (χ3n) is 10.9. The summed E-state index contributed by atoms with van der Waals surface area (Å²) in [5, 5.41) is 43.4. The van der Waals surface area contributed by atoms with Gasteiger partial charge in [-0.15, -0.1) is 0 Å². The Bertz CT molecular complexity index is 1300. The monoisotopic (exact) mass is 835 g/mol. The molecule has 0 spiro atoms. The number of rotatable bonds is 36. The Morgan fingerprint density at radius 3 is 1.03 bits per heavy atom. The molecule has 0 bridgehead atoms. The lowest BCUT2D eigenvalue weighted by Gasteiger charge is -2.06. The van der Waals surface area contributed by atoms with Crippen LogP contribution >= 0.6 is 0 Å². The van der Waals surface area contributed by atoms with Crippen molar-refractivity contribution in [2.24, 2.45) is 0 Å². The number of carbonyl (C=O) groups is 2. The Hall–Kier alpha value is -3.94. The van der Waals surface area contributed by atoms with E-state index >= 15 is 0 Å². The molecule has 6 N–H and O–H groups in total. The smallest absolute Gasteiger partial charge is 0.220 e. The van der Waals surface area contributed by atoms with Gasteiger partial charge in [-0.05, 0) is 112 Å². The van der Waals surface area contributed by atoms with Gasteiger partial charge in [0.25, 0.3) is 0 Å². The van der Waals surface area contributed by atoms with E-state index in [1.807, 2.05) is 0 Å². The van der Waals surface area contributed by atoms with E-state index in [4.69, 9.17) is 0 Å². The van der Waals surface area contributed by atoms with Gasteiger partial charge < -0.3 is 31.1 Å². The minimum atomic E-state index is -0.119. The highest BCUT2D eigenvalue weighted by Gasteiger charge is 2.05. The Morgan fingerprint density at radius 1 is 0.417 bits per heavy atom. The van der Waals surface area contributed by atoms with E-state index in [1.165, 1.54) is 166 Å². The van der Waals surface area contributed by atoms with Crippen LogP contribution in [0.5, 0.6) is 23.0 Å². The van der Waals surface area contributed by atoms with Crippen LogP contribution in [0.1, 0.15) is 205 Å². The van der Waals surface area contributed by atoms with Crippen molar-refractivity contribution >= 4 is 11.8 Å². The van der Waals surface area contributed by atoms with E-state index in [2.05, 4.69) is 48.8 Å². The number of benzene rings is 2. The zero-order valence-corrected chi connectivity index (χ0v) is 38.0. The van der Waals surface area contributed by atoms with Crippen LogP contribution in [0.4, 0.5) is 0 Å². The standard InChI is InChI=1S/2C26H43NO3/c2*1-2-3-4-5-6-7-8-9-10-11-12-13-14-15-16-17-26(30)27-21-20-23-18-19-24(28)25(29)22-23/h2*9-10,18-19,22,28-29H,2-8,11-17,20-21H2,1H3,(H,27,30)/b2*10-9-. The summed E-state index contributed by atoms with van der Waals surface area (Å²) in [5.41, 5.74) is 1.79. The van der Waals surface area contributed by atoms with E-state index in [-0.39, 0.29) is 34.8 Å². The fourth-order valence-corrected chi connectivity index (χ4v) is 7.03. The molecule has 340 valence electrons. The molecular weight excluding hydrogens is 749 g/mol. The Labute approximate surface area is 365 Å². The molecule has 0 aromatic heterocycles. The number of phenolic OH excluding ortho intramolecular Hbond substituents is 4. The van der Waals surface area contributed by atoms with Crippen LogP contribution in [0.25, 0.3) is 0 Å². The number of hydrogen-bond acceptors (Lipinski definition) is 6. The molecule has 2 amide bonds. The number of unbranched alkanes of at least 4 members (excludes halogenated alkanes) is 22. The summed E-state index contributed by atoms with van der Waals surface area (Å²) in [5.74, 6) is -0.288. The van der Waals surface area contributed by atoms with E-state index < -0.39 is 0 Å². The van der Waals surface area contributed by atoms with Gasteiger partial charge in [-0.2, -0.15) is 0 Å². The molecule has 0 heterocycles. The molecular formula is C52H86N2O6. The predicted molar refractivity (Wildman–Crippen MR) is 252 cm³/mol. The van der Waals surface area contributed by atoms with Crippen molar-refractivity contribution in [2.75, 3.05) is 13.1 Å². The van der Waals surface area contributed by atoms with Gasteiger partial charge in [0.15, 0.2) is 23.0 Å². The average Bonchev–Trinajstić information content (AvgIpc) is 3.23. The second-order valence-corrected chi connectivity index (χ2v) is 16.5. The molecule has 0 unspecified atom stereocenters. The maximum Gasteiger partial charge on any atom is 0.220 e. The molecule has 0 aliphatic rings. The molecule has 0 saturated heterocycles. The highest BCUT2D eigenvalue weighted by molar-refractivity contribution is 5.76. The van der Waals surface area contributed by atoms with Gasteiger partial charge >= 0.3 is 0 Å². The van der Waals surface area contributed by atoms with Crippen molar-refractivity contribution in [3.63, 3.8) is 0 Å². The van der Waals surface area contributed by atoms with Crippen molar-refractivity contribution < 1.29 is 30.0 Å². The van der Waals surface area contributed by atoms with E-state index in [9.17, 15) is 30.0 Å². The van der Waals surface area contributed by atoms with Crippen LogP contribution in [0, 0.1) is 0 Å². The third kappa shape index (κ3) is 32.9. The molecule has 0 aliphatic carbocycles. The van der Waals surface area contributed by atoms with Gasteiger partial charge in [0.1, 0.15) is 0 Å². The lowest BCUT2D eigenvalue weighted by Crippen LogP contribution is -2.25. The van der Waals surface area contributed by atoms with Crippen LogP contribution in [0.15, 0.2) is 60.7 Å². The number of phenols is 4. The van der Waals surface area contributed by atoms with E-state index in [1.54, 1.807) is 12.1 Å². The summed E-state index contributed by atoms with van der Waals surface area (Å²) < 4.78 is 0. The lowest BCUT2D eigenvalue weighted by atomic mass is 10.1. The van der Waals surface area contributed by atoms with Crippen molar-refractivity contribution in [1.82, 2.24) is 10.6 Å². The minimum absolute atomic E-state index is 0.0932. The fraction of sp³-hybridized carbons (Fsp3) is 0.654. The number of hydrogen-bond donors (Lipinski definition) is 6. The van der Waals surface area contributed by atoms with Crippen molar-refractivity contribution in [3.8, 4) is 23.0 Å². The SMILES string of the molecule is CCCCCCCC/C=C\CCCCCCCC(=O)NCCc1ccc(O)c(O)c1.CCCCCCCC/C=C\CCCCCCCC(=O)NCCc1ccc(O)c(O)c1. The molecule has 0 radical (unpaired) electrons. The van der Waals surface area contributed by atoms with Gasteiger partial charge in [0, 0.05) is 25.9 Å². The molecule has 8 nitrogen and oxygen atoms in total. The average molecular weight is 835 g/mol. The van der Waals surface area contributed by atoms with E-state index in [0.29, 0.717) is 38.8 Å². The highest BCUT2D eigenvalue weighted by atomic mass is 16.3. The number of allylic oxidation sites excluding steroid dienone is 4. The maximum atomic E-state index is 11.9. The van der Waals surface area contributed by atoms with Crippen molar-refractivity contribution in [1.29, 1.82) is 0 Å². The molecule has 2 rings (SSSR count). The van der Waals surface area contributed by atoms with E-state index in [0.717, 1.165) is 36.8 Å². The van der Waals surface area contributed by atoms with Crippen molar-refractivity contribution in [2.45, 2.75) is 206 Å². The summed E-state index contributed by atoms with van der Waals surface area (Å²) in [6.07, 6.45) is 44.6. The second-order valence-electron chi connectivity index (χ2n) is 16.5. The molecule has 8 heteroatoms. The largest absolute Gasteiger partial charge is 0.504 e. The molecule has 60 heavy (non-hydrogen) atoms. The van der Waals surface area contributed by atoms with Gasteiger partial charge in [0.05, 0.1) is 0 Å². The number of amides is 2. The zero-order chi connectivity index (χ0) is 43.7. The quantitative estimate of drug-likeness (QED) is 0.0230. The zero-order valence-electron chi connectivity index (χ0n) is 38.0. The molecule has 2 aromatic rings. The van der Waals surface area contributed by atoms with Gasteiger partial charge in [0.2, 0.25) is 11.8 Å². The summed E-state index contributed by atoms with van der Waals surface area (Å²) in [6, 6.07) is 9.52. The maximum absolute atomic E-state index is 11.9. The Kier molecular flexibility index (Phi) is 35.3. The van der Waals surface area contributed by atoms with Crippen LogP contribution in [0.3, 0.4) is 0 Å². The third-order valence-corrected chi connectivity index (χ3v) is 10.9. The Balaban J connectivity index is 0.000000600. The Morgan fingerprint density at radius 2 is 0.717 bits per heavy atom. The van der Waals surface area contributed by atoms with Crippen LogP contribution in [0.2, 0.25) is 0 Å². The predicted octanol–water partition coefficient (Wildman–Crippen LogP) is 13.6. The van der Waals surface area contributed by atoms with Gasteiger partial charge in [-0.3, -0.25) is 9.59 Å². The van der Waals surface area contributed by atoms with Crippen LogP contribution in [-0.4, -0.2) is 45.3 Å². The normalized spacial score (nSPS) is 11.2. The lowest BCUT2D eigenvalue weighted by molar-refractivity contribution is -0.122. The first kappa shape index (κ1) is 54.1. The first-order valence-electron chi connectivity index (χ1n) is 24.1. The highest BCUT2D eigenvalue weighted by Crippen LogP contribution is 2.26. The first-order chi connectivity index (χ1) is 29.3. The summed E-state index contributed by atoms with van der Waals surface area (Å²) >= 11 is 0. The fourth-order valence-electron chi connectivity index (χ4n) is 7.03. The summed E-state index contributed by atoms with van der Waals surface area (Å²) in [7, 11) is 0. The first-order valence-corrected chi connectivity index (χ1v) is 24.1. The van der Waals surface area contributed by atoms with Crippen molar-refractivity contribution in [3.05, 3.63) is 71.8 Å². The van der Waals surface area contributed by atoms with Gasteiger partial charge in [-0.25, -0.2) is 0 Å².